The van der Waals surface area contributed by atoms with Gasteiger partial charge in [-0.3, -0.25) is 4.79 Å². The first kappa shape index (κ1) is 14.4. The molecule has 0 saturated heterocycles. The Morgan fingerprint density at radius 3 is 2.33 bits per heavy atom. The van der Waals surface area contributed by atoms with E-state index in [1.54, 1.807) is 0 Å². The fourth-order valence-electron chi connectivity index (χ4n) is 2.02. The fraction of sp³-hybridized carbons (Fsp3) is 0.467. The molecule has 0 spiro atoms. The molecule has 0 aliphatic rings. The lowest BCUT2D eigenvalue weighted by Gasteiger charge is -2.22. The van der Waals surface area contributed by atoms with E-state index in [-0.39, 0.29) is 11.8 Å². The van der Waals surface area contributed by atoms with Gasteiger partial charge in [0.25, 0.3) is 0 Å². The van der Waals surface area contributed by atoms with Gasteiger partial charge < -0.3 is 5.11 Å². The van der Waals surface area contributed by atoms with Crippen molar-refractivity contribution in [3.05, 3.63) is 35.4 Å². The van der Waals surface area contributed by atoms with Crippen molar-refractivity contribution in [3.63, 3.8) is 0 Å². The predicted molar refractivity (Wildman–Crippen MR) is 70.7 cm³/mol. The number of hydrogen-bond acceptors (Lipinski definition) is 2. The molecule has 0 aromatic heterocycles. The molecule has 0 radical (unpaired) electrons. The zero-order valence-electron chi connectivity index (χ0n) is 11.2. The molecule has 0 amide bonds. The van der Waals surface area contributed by atoms with Gasteiger partial charge in [0.2, 0.25) is 5.78 Å². The molecule has 0 unspecified atom stereocenters. The maximum absolute atomic E-state index is 11.0. The first-order valence-electron chi connectivity index (χ1n) is 6.17. The van der Waals surface area contributed by atoms with Gasteiger partial charge in [-0.05, 0) is 29.4 Å². The summed E-state index contributed by atoms with van der Waals surface area (Å²) in [5.41, 5.74) is 2.52. The molecule has 0 aliphatic heterocycles. The van der Waals surface area contributed by atoms with E-state index >= 15 is 0 Å². The molecule has 1 aromatic carbocycles. The number of aryl methyl sites for hydroxylation is 1. The molecule has 0 fully saturated rings. The van der Waals surface area contributed by atoms with Crippen LogP contribution in [0.25, 0.3) is 0 Å². The molecule has 3 nitrogen and oxygen atoms in total. The molecule has 1 rings (SSSR count). The summed E-state index contributed by atoms with van der Waals surface area (Å²) < 4.78 is 0. The summed E-state index contributed by atoms with van der Waals surface area (Å²) in [5.74, 6) is -2.04. The smallest absolute Gasteiger partial charge is 0.372 e. The highest BCUT2D eigenvalue weighted by molar-refractivity contribution is 6.32. The Kier molecular flexibility index (Phi) is 4.65. The summed E-state index contributed by atoms with van der Waals surface area (Å²) in [7, 11) is 0. The molecule has 3 heteroatoms. The third-order valence-corrected chi connectivity index (χ3v) is 2.91. The normalized spacial score (nSPS) is 11.3. The standard InChI is InChI=1S/C15H20O3/c1-15(2,3)12-9-5-4-7-11(12)8-6-10-13(16)14(17)18/h4-5,7,9H,6,8,10H2,1-3H3,(H,17,18). The van der Waals surface area contributed by atoms with Crippen LogP contribution in [0.1, 0.15) is 44.7 Å². The number of carboxylic acid groups (broad SMARTS) is 1. The zero-order chi connectivity index (χ0) is 13.8. The topological polar surface area (TPSA) is 54.4 Å². The Labute approximate surface area is 108 Å². The Balaban J connectivity index is 2.68. The molecular formula is C15H20O3. The molecule has 1 aromatic rings. The maximum atomic E-state index is 11.0. The second-order valence-electron chi connectivity index (χ2n) is 5.49. The van der Waals surface area contributed by atoms with Gasteiger partial charge in [0.05, 0.1) is 0 Å². The first-order valence-corrected chi connectivity index (χ1v) is 6.17. The number of carbonyl (C=O) groups is 2. The number of carbonyl (C=O) groups excluding carboxylic acids is 1. The molecule has 1 N–H and O–H groups in total. The number of carboxylic acids is 1. The van der Waals surface area contributed by atoms with Crippen LogP contribution < -0.4 is 0 Å². The van der Waals surface area contributed by atoms with Crippen LogP contribution in [0.3, 0.4) is 0 Å². The van der Waals surface area contributed by atoms with E-state index in [1.807, 2.05) is 18.2 Å². The molecule has 0 atom stereocenters. The van der Waals surface area contributed by atoms with Crippen molar-refractivity contribution in [2.75, 3.05) is 0 Å². The van der Waals surface area contributed by atoms with Gasteiger partial charge in [0.15, 0.2) is 0 Å². The lowest BCUT2D eigenvalue weighted by Crippen LogP contribution is -2.15. The molecule has 98 valence electrons. The van der Waals surface area contributed by atoms with Crippen molar-refractivity contribution in [3.8, 4) is 0 Å². The van der Waals surface area contributed by atoms with Crippen LogP contribution in [-0.2, 0) is 21.4 Å². The Bertz CT molecular complexity index is 441. The van der Waals surface area contributed by atoms with Crippen LogP contribution in [0.4, 0.5) is 0 Å². The quantitative estimate of drug-likeness (QED) is 0.815. The monoisotopic (exact) mass is 248 g/mol. The minimum absolute atomic E-state index is 0.0629. The van der Waals surface area contributed by atoms with Crippen LogP contribution >= 0.6 is 0 Å². The highest BCUT2D eigenvalue weighted by atomic mass is 16.4. The summed E-state index contributed by atoms with van der Waals surface area (Å²) in [6, 6.07) is 8.12. The molecule has 0 aliphatic carbocycles. The fourth-order valence-corrected chi connectivity index (χ4v) is 2.02. The van der Waals surface area contributed by atoms with E-state index in [0.717, 1.165) is 6.42 Å². The maximum Gasteiger partial charge on any atom is 0.372 e. The van der Waals surface area contributed by atoms with Crippen LogP contribution in [0.2, 0.25) is 0 Å². The summed E-state index contributed by atoms with van der Waals surface area (Å²) in [6.45, 7) is 6.44. The van der Waals surface area contributed by atoms with Gasteiger partial charge in [0.1, 0.15) is 0 Å². The van der Waals surface area contributed by atoms with Crippen molar-refractivity contribution in [2.45, 2.75) is 45.4 Å². The average Bonchev–Trinajstić information content (AvgIpc) is 2.28. The van der Waals surface area contributed by atoms with Crippen LogP contribution in [0, 0.1) is 0 Å². The lowest BCUT2D eigenvalue weighted by molar-refractivity contribution is -0.149. The minimum atomic E-state index is -1.33. The van der Waals surface area contributed by atoms with E-state index in [9.17, 15) is 9.59 Å². The summed E-state index contributed by atoms with van der Waals surface area (Å²) in [4.78, 5) is 21.4. The average molecular weight is 248 g/mol. The van der Waals surface area contributed by atoms with Crippen molar-refractivity contribution < 1.29 is 14.7 Å². The molecule has 0 heterocycles. The number of hydrogen-bond donors (Lipinski definition) is 1. The van der Waals surface area contributed by atoms with Gasteiger partial charge in [-0.25, -0.2) is 4.79 Å². The zero-order valence-corrected chi connectivity index (χ0v) is 11.2. The lowest BCUT2D eigenvalue weighted by atomic mass is 9.82. The van der Waals surface area contributed by atoms with E-state index < -0.39 is 11.8 Å². The third kappa shape index (κ3) is 3.99. The number of Topliss-reactive ketones (excluding diaryl/α,β-unsaturated/α-hetero) is 1. The minimum Gasteiger partial charge on any atom is -0.476 e. The van der Waals surface area contributed by atoms with Crippen molar-refractivity contribution in [1.82, 2.24) is 0 Å². The van der Waals surface area contributed by atoms with Crippen LogP contribution in [0.5, 0.6) is 0 Å². The Morgan fingerprint density at radius 1 is 1.17 bits per heavy atom. The van der Waals surface area contributed by atoms with E-state index in [0.29, 0.717) is 6.42 Å². The number of benzene rings is 1. The van der Waals surface area contributed by atoms with Gasteiger partial charge >= 0.3 is 5.97 Å². The predicted octanol–water partition coefficient (Wildman–Crippen LogP) is 2.96. The number of ketones is 1. The van der Waals surface area contributed by atoms with Gasteiger partial charge in [-0.2, -0.15) is 0 Å². The van der Waals surface area contributed by atoms with Gasteiger partial charge in [0, 0.05) is 6.42 Å². The third-order valence-electron chi connectivity index (χ3n) is 2.91. The van der Waals surface area contributed by atoms with E-state index in [1.165, 1.54) is 11.1 Å². The van der Waals surface area contributed by atoms with Crippen molar-refractivity contribution in [1.29, 1.82) is 0 Å². The molecule has 0 bridgehead atoms. The number of rotatable bonds is 5. The molecule has 0 saturated carbocycles. The summed E-state index contributed by atoms with van der Waals surface area (Å²) in [5, 5.41) is 8.51. The molecule has 18 heavy (non-hydrogen) atoms. The molecular weight excluding hydrogens is 228 g/mol. The summed E-state index contributed by atoms with van der Waals surface area (Å²) >= 11 is 0. The van der Waals surface area contributed by atoms with Gasteiger partial charge in [-0.1, -0.05) is 45.0 Å². The van der Waals surface area contributed by atoms with Crippen LogP contribution in [-0.4, -0.2) is 16.9 Å². The van der Waals surface area contributed by atoms with Gasteiger partial charge in [-0.15, -0.1) is 0 Å². The largest absolute Gasteiger partial charge is 0.476 e. The Hall–Kier alpha value is -1.64. The highest BCUT2D eigenvalue weighted by Crippen LogP contribution is 2.26. The second-order valence-corrected chi connectivity index (χ2v) is 5.49. The Morgan fingerprint density at radius 2 is 1.78 bits per heavy atom. The van der Waals surface area contributed by atoms with E-state index in [4.69, 9.17) is 5.11 Å². The first-order chi connectivity index (χ1) is 8.32. The van der Waals surface area contributed by atoms with E-state index in [2.05, 4.69) is 26.8 Å². The summed E-state index contributed by atoms with van der Waals surface area (Å²) in [6.07, 6.45) is 1.43. The SMILES string of the molecule is CC(C)(C)c1ccccc1CCCC(=O)C(=O)O. The second kappa shape index (κ2) is 5.80. The highest BCUT2D eigenvalue weighted by Gasteiger charge is 2.17. The van der Waals surface area contributed by atoms with Crippen molar-refractivity contribution in [2.24, 2.45) is 0 Å². The number of aliphatic carboxylic acids is 1. The van der Waals surface area contributed by atoms with Crippen molar-refractivity contribution >= 4 is 11.8 Å². The van der Waals surface area contributed by atoms with Crippen LogP contribution in [0.15, 0.2) is 24.3 Å².